The van der Waals surface area contributed by atoms with E-state index in [2.05, 4.69) is 0 Å². The minimum Gasteiger partial charge on any atom is -0.399 e. The average molecular weight is 225 g/mol. The highest BCUT2D eigenvalue weighted by Crippen LogP contribution is 2.13. The summed E-state index contributed by atoms with van der Waals surface area (Å²) in [7, 11) is 1.36. The quantitative estimate of drug-likeness (QED) is 0.707. The Hall–Kier alpha value is -2.11. The van der Waals surface area contributed by atoms with Gasteiger partial charge in [0.15, 0.2) is 0 Å². The summed E-state index contributed by atoms with van der Waals surface area (Å²) in [6, 6.07) is 3.66. The molecule has 86 valence electrons. The molecule has 0 aromatic heterocycles. The molecule has 0 aliphatic heterocycles. The normalized spacial score (nSPS) is 9.88. The predicted molar refractivity (Wildman–Crippen MR) is 57.0 cm³/mol. The number of nitrogen functional groups attached to an aromatic ring is 1. The molecule has 1 rings (SSSR count). The highest BCUT2D eigenvalue weighted by Gasteiger charge is 2.17. The maximum absolute atomic E-state index is 13.3. The van der Waals surface area contributed by atoms with Gasteiger partial charge in [-0.3, -0.25) is 9.59 Å². The van der Waals surface area contributed by atoms with E-state index in [9.17, 15) is 14.0 Å². The van der Waals surface area contributed by atoms with Gasteiger partial charge in [0.1, 0.15) is 5.82 Å². The lowest BCUT2D eigenvalue weighted by atomic mass is 10.1. The molecule has 1 aromatic rings. The molecule has 0 aliphatic rings. The monoisotopic (exact) mass is 225 g/mol. The van der Waals surface area contributed by atoms with Crippen LogP contribution < -0.4 is 11.5 Å². The fourth-order valence-electron chi connectivity index (χ4n) is 1.22. The Morgan fingerprint density at radius 1 is 1.44 bits per heavy atom. The number of anilines is 1. The van der Waals surface area contributed by atoms with Gasteiger partial charge < -0.3 is 16.4 Å². The van der Waals surface area contributed by atoms with Crippen LogP contribution in [0.4, 0.5) is 10.1 Å². The Labute approximate surface area is 91.8 Å². The minimum absolute atomic E-state index is 0.177. The fraction of sp³-hybridized carbons (Fsp3) is 0.200. The summed E-state index contributed by atoms with van der Waals surface area (Å²) in [5, 5.41) is 0. The molecule has 5 nitrogen and oxygen atoms in total. The zero-order chi connectivity index (χ0) is 12.3. The summed E-state index contributed by atoms with van der Waals surface area (Å²) >= 11 is 0. The Kier molecular flexibility index (Phi) is 3.44. The standard InChI is InChI=1S/C10H12FN3O2/c1-14(5-9(13)15)10(16)7-4-6(12)2-3-8(7)11/h2-4H,5,12H2,1H3,(H2,13,15). The Morgan fingerprint density at radius 3 is 2.62 bits per heavy atom. The lowest BCUT2D eigenvalue weighted by Gasteiger charge is -2.15. The summed E-state index contributed by atoms with van der Waals surface area (Å²) in [5.74, 6) is -1.99. The molecule has 0 saturated carbocycles. The van der Waals surface area contributed by atoms with Crippen molar-refractivity contribution in [3.05, 3.63) is 29.6 Å². The number of likely N-dealkylation sites (N-methyl/N-ethyl adjacent to an activating group) is 1. The smallest absolute Gasteiger partial charge is 0.257 e. The van der Waals surface area contributed by atoms with Crippen molar-refractivity contribution in [2.75, 3.05) is 19.3 Å². The van der Waals surface area contributed by atoms with Gasteiger partial charge in [-0.05, 0) is 18.2 Å². The highest BCUT2D eigenvalue weighted by atomic mass is 19.1. The van der Waals surface area contributed by atoms with Gasteiger partial charge in [-0.25, -0.2) is 4.39 Å². The predicted octanol–water partition coefficient (Wildman–Crippen LogP) is -0.0348. The third kappa shape index (κ3) is 2.69. The van der Waals surface area contributed by atoms with Crippen molar-refractivity contribution in [3.63, 3.8) is 0 Å². The second-order valence-corrected chi connectivity index (χ2v) is 3.37. The second-order valence-electron chi connectivity index (χ2n) is 3.37. The fourth-order valence-corrected chi connectivity index (χ4v) is 1.22. The van der Waals surface area contributed by atoms with Gasteiger partial charge in [-0.2, -0.15) is 0 Å². The Bertz CT molecular complexity index is 434. The maximum Gasteiger partial charge on any atom is 0.257 e. The first kappa shape index (κ1) is 12.0. The molecule has 0 aliphatic carbocycles. The van der Waals surface area contributed by atoms with Crippen molar-refractivity contribution in [1.82, 2.24) is 4.90 Å². The van der Waals surface area contributed by atoms with E-state index in [1.165, 1.54) is 19.2 Å². The van der Waals surface area contributed by atoms with Crippen molar-refractivity contribution in [3.8, 4) is 0 Å². The van der Waals surface area contributed by atoms with Crippen LogP contribution in [0, 0.1) is 5.82 Å². The Balaban J connectivity index is 2.95. The first-order valence-corrected chi connectivity index (χ1v) is 4.50. The van der Waals surface area contributed by atoms with Crippen LogP contribution >= 0.6 is 0 Å². The number of halogens is 1. The van der Waals surface area contributed by atoms with Crippen molar-refractivity contribution in [2.45, 2.75) is 0 Å². The molecule has 2 amide bonds. The number of benzene rings is 1. The number of amides is 2. The molecule has 0 unspecified atom stereocenters. The third-order valence-corrected chi connectivity index (χ3v) is 1.96. The number of carbonyl (C=O) groups excluding carboxylic acids is 2. The van der Waals surface area contributed by atoms with Crippen molar-refractivity contribution >= 4 is 17.5 Å². The Morgan fingerprint density at radius 2 is 2.06 bits per heavy atom. The number of hydrogen-bond acceptors (Lipinski definition) is 3. The van der Waals surface area contributed by atoms with Crippen LogP contribution in [0.1, 0.15) is 10.4 Å². The number of carbonyl (C=O) groups is 2. The van der Waals surface area contributed by atoms with E-state index in [0.29, 0.717) is 0 Å². The van der Waals surface area contributed by atoms with E-state index >= 15 is 0 Å². The first-order valence-electron chi connectivity index (χ1n) is 4.50. The van der Waals surface area contributed by atoms with Crippen molar-refractivity contribution < 1.29 is 14.0 Å². The SMILES string of the molecule is CN(CC(N)=O)C(=O)c1cc(N)ccc1F. The van der Waals surface area contributed by atoms with E-state index in [1.807, 2.05) is 0 Å². The second kappa shape index (κ2) is 4.61. The molecule has 1 aromatic carbocycles. The molecular formula is C10H12FN3O2. The summed E-state index contributed by atoms with van der Waals surface area (Å²) in [4.78, 5) is 23.3. The molecule has 16 heavy (non-hydrogen) atoms. The van der Waals surface area contributed by atoms with Crippen molar-refractivity contribution in [2.24, 2.45) is 5.73 Å². The minimum atomic E-state index is -0.685. The molecule has 0 saturated heterocycles. The number of nitrogens with zero attached hydrogens (tertiary/aromatic N) is 1. The van der Waals surface area contributed by atoms with Gasteiger partial charge in [0, 0.05) is 12.7 Å². The number of hydrogen-bond donors (Lipinski definition) is 2. The molecule has 0 bridgehead atoms. The van der Waals surface area contributed by atoms with Gasteiger partial charge in [0.05, 0.1) is 12.1 Å². The summed E-state index contributed by atoms with van der Waals surface area (Å²) in [5.41, 5.74) is 10.5. The van der Waals surface area contributed by atoms with Crippen LogP contribution in [0.5, 0.6) is 0 Å². The van der Waals surface area contributed by atoms with Crippen LogP contribution in [0.15, 0.2) is 18.2 Å². The third-order valence-electron chi connectivity index (χ3n) is 1.96. The van der Waals surface area contributed by atoms with Gasteiger partial charge in [0.25, 0.3) is 5.91 Å². The van der Waals surface area contributed by atoms with Gasteiger partial charge in [-0.1, -0.05) is 0 Å². The molecule has 6 heteroatoms. The van der Waals surface area contributed by atoms with Crippen LogP contribution in [0.3, 0.4) is 0 Å². The van der Waals surface area contributed by atoms with E-state index in [0.717, 1.165) is 11.0 Å². The highest BCUT2D eigenvalue weighted by molar-refractivity contribution is 5.97. The van der Waals surface area contributed by atoms with Crippen molar-refractivity contribution in [1.29, 1.82) is 0 Å². The van der Waals surface area contributed by atoms with Crippen LogP contribution in [-0.2, 0) is 4.79 Å². The summed E-state index contributed by atoms with van der Waals surface area (Å²) in [6.45, 7) is -0.271. The van der Waals surface area contributed by atoms with Gasteiger partial charge >= 0.3 is 0 Å². The van der Waals surface area contributed by atoms with E-state index < -0.39 is 17.6 Å². The maximum atomic E-state index is 13.3. The molecular weight excluding hydrogens is 213 g/mol. The zero-order valence-corrected chi connectivity index (χ0v) is 8.74. The van der Waals surface area contributed by atoms with Crippen LogP contribution in [0.25, 0.3) is 0 Å². The molecule has 0 fully saturated rings. The summed E-state index contributed by atoms with van der Waals surface area (Å²) in [6.07, 6.45) is 0. The van der Waals surface area contributed by atoms with Crippen LogP contribution in [0.2, 0.25) is 0 Å². The molecule has 0 atom stereocenters. The summed E-state index contributed by atoms with van der Waals surface area (Å²) < 4.78 is 13.3. The molecule has 0 heterocycles. The van der Waals surface area contributed by atoms with E-state index in [4.69, 9.17) is 11.5 Å². The average Bonchev–Trinajstić information content (AvgIpc) is 2.19. The zero-order valence-electron chi connectivity index (χ0n) is 8.74. The van der Waals surface area contributed by atoms with E-state index in [1.54, 1.807) is 0 Å². The molecule has 4 N–H and O–H groups in total. The number of nitrogens with two attached hydrogens (primary N) is 2. The lowest BCUT2D eigenvalue weighted by molar-refractivity contribution is -0.118. The largest absolute Gasteiger partial charge is 0.399 e. The topological polar surface area (TPSA) is 89.4 Å². The lowest BCUT2D eigenvalue weighted by Crippen LogP contribution is -2.35. The molecule has 0 spiro atoms. The van der Waals surface area contributed by atoms with E-state index in [-0.39, 0.29) is 17.8 Å². The first-order chi connectivity index (χ1) is 7.41. The van der Waals surface area contributed by atoms with Gasteiger partial charge in [0.2, 0.25) is 5.91 Å². The number of rotatable bonds is 3. The van der Waals surface area contributed by atoms with Crippen LogP contribution in [-0.4, -0.2) is 30.3 Å². The number of primary amides is 1. The van der Waals surface area contributed by atoms with Gasteiger partial charge in [-0.15, -0.1) is 0 Å². The molecule has 0 radical (unpaired) electrons.